The second-order valence-electron chi connectivity index (χ2n) is 8.41. The van der Waals surface area contributed by atoms with Crippen LogP contribution in [0.2, 0.25) is 0 Å². The highest BCUT2D eigenvalue weighted by Crippen LogP contribution is 2.32. The molecule has 2 saturated heterocycles. The first-order chi connectivity index (χ1) is 15.5. The lowest BCUT2D eigenvalue weighted by Crippen LogP contribution is -2.45. The number of hydrogen-bond donors (Lipinski definition) is 1. The quantitative estimate of drug-likeness (QED) is 0.668. The fourth-order valence-electron chi connectivity index (χ4n) is 4.57. The molecule has 5 rings (SSSR count). The summed E-state index contributed by atoms with van der Waals surface area (Å²) in [5.74, 6) is 0.484. The molecule has 168 valence electrons. The number of piperidine rings is 1. The minimum Gasteiger partial charge on any atom is -0.490 e. The molecule has 9 heteroatoms. The Hall–Kier alpha value is -3.33. The Kier molecular flexibility index (Phi) is 5.34. The highest BCUT2D eigenvalue weighted by atomic mass is 16.5. The van der Waals surface area contributed by atoms with Crippen LogP contribution in [0.3, 0.4) is 0 Å². The summed E-state index contributed by atoms with van der Waals surface area (Å²) in [5.41, 5.74) is -0.00361. The molecule has 32 heavy (non-hydrogen) atoms. The standard InChI is InChI=1S/C23H26N4O5/c1-25-21(28)18(13-24-23(25)30)22(29)26-9-5-16(6-10-26)32-20-4-2-3-19-17(20)7-11-27(19)15-8-12-31-14-15/h2-4,7,11,13,15-16H,5-6,8-10,12,14H2,1H3,(H,24,30). The van der Waals surface area contributed by atoms with Gasteiger partial charge < -0.3 is 23.9 Å². The molecular formula is C23H26N4O5. The van der Waals surface area contributed by atoms with E-state index in [0.717, 1.165) is 40.9 Å². The lowest BCUT2D eigenvalue weighted by Gasteiger charge is -2.32. The fourth-order valence-corrected chi connectivity index (χ4v) is 4.57. The number of carbonyl (C=O) groups excluding carboxylic acids is 1. The van der Waals surface area contributed by atoms with E-state index in [1.807, 2.05) is 12.1 Å². The number of amides is 1. The van der Waals surface area contributed by atoms with Crippen LogP contribution in [-0.2, 0) is 11.8 Å². The van der Waals surface area contributed by atoms with Crippen molar-refractivity contribution in [2.45, 2.75) is 31.4 Å². The topological polar surface area (TPSA) is 98.6 Å². The SMILES string of the molecule is Cn1c(=O)[nH]cc(C(=O)N2CCC(Oc3cccc4c3ccn4C3CCOC3)CC2)c1=O. The Bertz CT molecular complexity index is 1260. The summed E-state index contributed by atoms with van der Waals surface area (Å²) in [5, 5.41) is 1.08. The van der Waals surface area contributed by atoms with Crippen LogP contribution >= 0.6 is 0 Å². The molecule has 0 radical (unpaired) electrons. The van der Waals surface area contributed by atoms with Crippen molar-refractivity contribution in [1.82, 2.24) is 19.0 Å². The Morgan fingerprint density at radius 2 is 1.97 bits per heavy atom. The van der Waals surface area contributed by atoms with Crippen molar-refractivity contribution >= 4 is 16.8 Å². The van der Waals surface area contributed by atoms with Crippen LogP contribution in [0.15, 0.2) is 46.2 Å². The highest BCUT2D eigenvalue weighted by Gasteiger charge is 2.27. The molecule has 1 amide bonds. The average molecular weight is 438 g/mol. The van der Waals surface area contributed by atoms with Gasteiger partial charge in [-0.1, -0.05) is 6.07 Å². The van der Waals surface area contributed by atoms with Crippen molar-refractivity contribution < 1.29 is 14.3 Å². The van der Waals surface area contributed by atoms with E-state index < -0.39 is 11.2 Å². The maximum atomic E-state index is 12.8. The van der Waals surface area contributed by atoms with Gasteiger partial charge in [-0.25, -0.2) is 4.79 Å². The largest absolute Gasteiger partial charge is 0.490 e. The Morgan fingerprint density at radius 3 is 2.72 bits per heavy atom. The zero-order valence-corrected chi connectivity index (χ0v) is 18.0. The fraction of sp³-hybridized carbons (Fsp3) is 0.435. The Morgan fingerprint density at radius 1 is 1.16 bits per heavy atom. The molecule has 1 N–H and O–H groups in total. The third-order valence-electron chi connectivity index (χ3n) is 6.46. The van der Waals surface area contributed by atoms with Gasteiger partial charge in [-0.3, -0.25) is 14.2 Å². The number of fused-ring (bicyclic) bond motifs is 1. The van der Waals surface area contributed by atoms with E-state index in [0.29, 0.717) is 32.0 Å². The van der Waals surface area contributed by atoms with Gasteiger partial charge in [-0.05, 0) is 24.6 Å². The lowest BCUT2D eigenvalue weighted by atomic mass is 10.1. The molecule has 2 aliphatic heterocycles. The average Bonchev–Trinajstić information content (AvgIpc) is 3.48. The number of ether oxygens (including phenoxy) is 2. The van der Waals surface area contributed by atoms with Gasteiger partial charge in [0.25, 0.3) is 11.5 Å². The second kappa shape index (κ2) is 8.31. The van der Waals surface area contributed by atoms with E-state index in [1.54, 1.807) is 4.90 Å². The van der Waals surface area contributed by atoms with Gasteiger partial charge in [-0.2, -0.15) is 0 Å². The smallest absolute Gasteiger partial charge is 0.328 e. The number of nitrogens with zero attached hydrogens (tertiary/aromatic N) is 3. The summed E-state index contributed by atoms with van der Waals surface area (Å²) in [6.45, 7) is 2.51. The van der Waals surface area contributed by atoms with Crippen LogP contribution in [0.4, 0.5) is 0 Å². The van der Waals surface area contributed by atoms with E-state index in [-0.39, 0.29) is 17.6 Å². The van der Waals surface area contributed by atoms with Crippen molar-refractivity contribution in [2.75, 3.05) is 26.3 Å². The van der Waals surface area contributed by atoms with Gasteiger partial charge in [0.2, 0.25) is 0 Å². The van der Waals surface area contributed by atoms with Crippen molar-refractivity contribution in [3.63, 3.8) is 0 Å². The van der Waals surface area contributed by atoms with Gasteiger partial charge in [0.1, 0.15) is 17.4 Å². The number of carbonyl (C=O) groups is 1. The lowest BCUT2D eigenvalue weighted by molar-refractivity contribution is 0.0595. The van der Waals surface area contributed by atoms with Gasteiger partial charge in [0.15, 0.2) is 0 Å². The van der Waals surface area contributed by atoms with Crippen molar-refractivity contribution in [2.24, 2.45) is 7.05 Å². The number of likely N-dealkylation sites (tertiary alicyclic amines) is 1. The van der Waals surface area contributed by atoms with Gasteiger partial charge in [0, 0.05) is 57.4 Å². The minimum atomic E-state index is -0.582. The molecule has 9 nitrogen and oxygen atoms in total. The number of hydrogen-bond acceptors (Lipinski definition) is 5. The van der Waals surface area contributed by atoms with Gasteiger partial charge in [-0.15, -0.1) is 0 Å². The molecule has 1 unspecified atom stereocenters. The van der Waals surface area contributed by atoms with Crippen molar-refractivity contribution in [3.8, 4) is 5.75 Å². The molecule has 4 heterocycles. The van der Waals surface area contributed by atoms with Crippen molar-refractivity contribution in [1.29, 1.82) is 0 Å². The molecule has 3 aromatic rings. The van der Waals surface area contributed by atoms with Crippen LogP contribution in [-0.4, -0.2) is 57.3 Å². The zero-order valence-electron chi connectivity index (χ0n) is 18.0. The van der Waals surface area contributed by atoms with E-state index in [4.69, 9.17) is 9.47 Å². The molecule has 2 fully saturated rings. The summed E-state index contributed by atoms with van der Waals surface area (Å²) in [6, 6.07) is 8.55. The molecule has 2 aliphatic rings. The molecule has 1 aromatic carbocycles. The summed E-state index contributed by atoms with van der Waals surface area (Å²) >= 11 is 0. The number of rotatable bonds is 4. The maximum Gasteiger partial charge on any atom is 0.328 e. The number of benzene rings is 1. The third-order valence-corrected chi connectivity index (χ3v) is 6.46. The van der Waals surface area contributed by atoms with E-state index in [2.05, 4.69) is 27.9 Å². The summed E-state index contributed by atoms with van der Waals surface area (Å²) < 4.78 is 15.1. The number of aromatic nitrogens is 3. The summed E-state index contributed by atoms with van der Waals surface area (Å²) in [4.78, 5) is 40.7. The predicted octanol–water partition coefficient (Wildman–Crippen LogP) is 1.67. The predicted molar refractivity (Wildman–Crippen MR) is 118 cm³/mol. The molecule has 0 saturated carbocycles. The van der Waals surface area contributed by atoms with Crippen LogP contribution < -0.4 is 16.0 Å². The first kappa shape index (κ1) is 20.6. The molecule has 0 spiro atoms. The zero-order chi connectivity index (χ0) is 22.2. The molecular weight excluding hydrogens is 412 g/mol. The second-order valence-corrected chi connectivity index (χ2v) is 8.41. The Balaban J connectivity index is 1.27. The molecule has 0 aliphatic carbocycles. The molecule has 1 atom stereocenters. The first-order valence-corrected chi connectivity index (χ1v) is 10.9. The number of nitrogens with one attached hydrogen (secondary N) is 1. The highest BCUT2D eigenvalue weighted by molar-refractivity contribution is 5.93. The van der Waals surface area contributed by atoms with Gasteiger partial charge >= 0.3 is 5.69 Å². The summed E-state index contributed by atoms with van der Waals surface area (Å²) in [6.07, 6.45) is 5.64. The van der Waals surface area contributed by atoms with E-state index in [9.17, 15) is 14.4 Å². The van der Waals surface area contributed by atoms with E-state index >= 15 is 0 Å². The van der Waals surface area contributed by atoms with Crippen LogP contribution in [0.25, 0.3) is 10.9 Å². The van der Waals surface area contributed by atoms with E-state index in [1.165, 1.54) is 13.2 Å². The Labute approximate surface area is 184 Å². The monoisotopic (exact) mass is 438 g/mol. The van der Waals surface area contributed by atoms with Crippen LogP contribution in [0, 0.1) is 0 Å². The number of aromatic amines is 1. The summed E-state index contributed by atoms with van der Waals surface area (Å²) in [7, 11) is 1.35. The van der Waals surface area contributed by atoms with Gasteiger partial charge in [0.05, 0.1) is 18.2 Å². The normalized spacial score (nSPS) is 19.5. The molecule has 2 aromatic heterocycles. The van der Waals surface area contributed by atoms with Crippen molar-refractivity contribution in [3.05, 3.63) is 63.1 Å². The minimum absolute atomic E-state index is 0.0128. The number of H-pyrrole nitrogens is 1. The first-order valence-electron chi connectivity index (χ1n) is 10.9. The molecule has 0 bridgehead atoms. The van der Waals surface area contributed by atoms with Crippen LogP contribution in [0.1, 0.15) is 35.7 Å². The maximum absolute atomic E-state index is 12.8. The third kappa shape index (κ3) is 3.62. The van der Waals surface area contributed by atoms with Crippen LogP contribution in [0.5, 0.6) is 5.75 Å².